The number of nitrogens with one attached hydrogen (secondary N) is 1. The van der Waals surface area contributed by atoms with Gasteiger partial charge in [0.15, 0.2) is 5.03 Å². The minimum Gasteiger partial charge on any atom is -0.358 e. The lowest BCUT2D eigenvalue weighted by Crippen LogP contribution is -2.24. The third-order valence-corrected chi connectivity index (χ3v) is 3.31. The first-order valence-corrected chi connectivity index (χ1v) is 7.29. The first-order chi connectivity index (χ1) is 7.75. The van der Waals surface area contributed by atoms with Gasteiger partial charge >= 0.3 is 0 Å². The van der Waals surface area contributed by atoms with E-state index in [0.29, 0.717) is 5.82 Å². The molecule has 0 spiro atoms. The summed E-state index contributed by atoms with van der Waals surface area (Å²) in [5, 5.41) is 2.23. The van der Waals surface area contributed by atoms with Crippen molar-refractivity contribution in [2.75, 3.05) is 7.05 Å². The second-order valence-corrected chi connectivity index (χ2v) is 6.34. The molecule has 0 aliphatic rings. The molecular weight excluding hydrogens is 266 g/mol. The molecule has 1 amide bonds. The Kier molecular flexibility index (Phi) is 4.16. The molecule has 17 heavy (non-hydrogen) atoms. The Labute approximate surface area is 104 Å². The van der Waals surface area contributed by atoms with Crippen molar-refractivity contribution in [2.24, 2.45) is 0 Å². The van der Waals surface area contributed by atoms with E-state index in [1.165, 1.54) is 17.8 Å². The van der Waals surface area contributed by atoms with Gasteiger partial charge in [0, 0.05) is 29.8 Å². The number of carbonyl (C=O) groups is 1. The number of halogens is 1. The van der Waals surface area contributed by atoms with Crippen LogP contribution in [-0.2, 0) is 20.4 Å². The molecule has 0 atom stereocenters. The van der Waals surface area contributed by atoms with Crippen molar-refractivity contribution in [3.8, 4) is 0 Å². The number of imidazole rings is 1. The predicted molar refractivity (Wildman–Crippen MR) is 63.4 cm³/mol. The lowest BCUT2D eigenvalue weighted by atomic mass is 10.2. The standard InChI is InChI=1S/C9H14ClN3O3S/c1-6(2)9-12-8(17(10,15)16)5-13(9)4-7(14)11-3/h5-6H,4H2,1-3H3,(H,11,14). The third-order valence-electron chi connectivity index (χ3n) is 2.14. The van der Waals surface area contributed by atoms with Crippen LogP contribution < -0.4 is 5.32 Å². The fourth-order valence-electron chi connectivity index (χ4n) is 1.34. The number of hydrogen-bond donors (Lipinski definition) is 1. The van der Waals surface area contributed by atoms with Gasteiger partial charge in [0.05, 0.1) is 0 Å². The number of aromatic nitrogens is 2. The summed E-state index contributed by atoms with van der Waals surface area (Å²) < 4.78 is 23.8. The van der Waals surface area contributed by atoms with Crippen molar-refractivity contribution in [1.29, 1.82) is 0 Å². The molecule has 6 nitrogen and oxygen atoms in total. The van der Waals surface area contributed by atoms with Gasteiger partial charge in [0.2, 0.25) is 5.91 Å². The van der Waals surface area contributed by atoms with E-state index < -0.39 is 9.05 Å². The van der Waals surface area contributed by atoms with Gasteiger partial charge in [0.1, 0.15) is 12.4 Å². The number of hydrogen-bond acceptors (Lipinski definition) is 4. The zero-order chi connectivity index (χ0) is 13.2. The molecular formula is C9H14ClN3O3S. The van der Waals surface area contributed by atoms with Crippen molar-refractivity contribution in [1.82, 2.24) is 14.9 Å². The highest BCUT2D eigenvalue weighted by atomic mass is 35.7. The van der Waals surface area contributed by atoms with Gasteiger partial charge in [-0.05, 0) is 0 Å². The second-order valence-electron chi connectivity index (χ2n) is 3.83. The quantitative estimate of drug-likeness (QED) is 0.822. The molecule has 8 heteroatoms. The summed E-state index contributed by atoms with van der Waals surface area (Å²) in [6.45, 7) is 3.73. The molecule has 0 saturated carbocycles. The van der Waals surface area contributed by atoms with Crippen LogP contribution >= 0.6 is 10.7 Å². The van der Waals surface area contributed by atoms with Crippen LogP contribution in [-0.4, -0.2) is 30.9 Å². The highest BCUT2D eigenvalue weighted by Gasteiger charge is 2.20. The molecule has 0 saturated heterocycles. The molecule has 96 valence electrons. The smallest absolute Gasteiger partial charge is 0.280 e. The van der Waals surface area contributed by atoms with Gasteiger partial charge in [-0.3, -0.25) is 4.79 Å². The Hall–Kier alpha value is -1.08. The fraction of sp³-hybridized carbons (Fsp3) is 0.556. The van der Waals surface area contributed by atoms with Crippen LogP contribution in [0.2, 0.25) is 0 Å². The molecule has 1 rings (SSSR count). The zero-order valence-electron chi connectivity index (χ0n) is 9.77. The number of likely N-dealkylation sites (N-methyl/N-ethyl adjacent to an activating group) is 1. The summed E-state index contributed by atoms with van der Waals surface area (Å²) in [5.41, 5.74) is 0. The Bertz CT molecular complexity index is 522. The van der Waals surface area contributed by atoms with Gasteiger partial charge in [0.25, 0.3) is 9.05 Å². The number of amides is 1. The maximum Gasteiger partial charge on any atom is 0.280 e. The molecule has 0 aromatic carbocycles. The molecule has 1 N–H and O–H groups in total. The summed E-state index contributed by atoms with van der Waals surface area (Å²) in [6.07, 6.45) is 1.27. The van der Waals surface area contributed by atoms with Crippen LogP contribution in [0.4, 0.5) is 0 Å². The van der Waals surface area contributed by atoms with E-state index in [1.54, 1.807) is 0 Å². The van der Waals surface area contributed by atoms with Crippen LogP contribution in [0.1, 0.15) is 25.6 Å². The van der Waals surface area contributed by atoms with Gasteiger partial charge in [-0.1, -0.05) is 13.8 Å². The highest BCUT2D eigenvalue weighted by molar-refractivity contribution is 8.13. The third kappa shape index (κ3) is 3.44. The predicted octanol–water partition coefficient (Wildman–Crippen LogP) is 0.680. The first kappa shape index (κ1) is 14.0. The normalized spacial score (nSPS) is 11.8. The summed E-state index contributed by atoms with van der Waals surface area (Å²) in [7, 11) is 2.85. The minimum absolute atomic E-state index is 0.00757. The lowest BCUT2D eigenvalue weighted by Gasteiger charge is -2.08. The molecule has 1 heterocycles. The van der Waals surface area contributed by atoms with Crippen LogP contribution in [0.3, 0.4) is 0 Å². The van der Waals surface area contributed by atoms with Crippen LogP contribution in [0.5, 0.6) is 0 Å². The Morgan fingerprint density at radius 3 is 2.59 bits per heavy atom. The van der Waals surface area contributed by atoms with Crippen molar-refractivity contribution < 1.29 is 13.2 Å². The van der Waals surface area contributed by atoms with Gasteiger partial charge < -0.3 is 9.88 Å². The molecule has 0 aliphatic carbocycles. The Balaban J connectivity index is 3.19. The summed E-state index contributed by atoms with van der Waals surface area (Å²) >= 11 is 0. The van der Waals surface area contributed by atoms with E-state index in [1.807, 2.05) is 13.8 Å². The SMILES string of the molecule is CNC(=O)Cn1cc(S(=O)(=O)Cl)nc1C(C)C. The maximum absolute atomic E-state index is 11.3. The summed E-state index contributed by atoms with van der Waals surface area (Å²) in [6, 6.07) is 0. The zero-order valence-corrected chi connectivity index (χ0v) is 11.3. The average Bonchev–Trinajstić information content (AvgIpc) is 2.61. The van der Waals surface area contributed by atoms with Crippen LogP contribution in [0.15, 0.2) is 11.2 Å². The fourth-order valence-corrected chi connectivity index (χ4v) is 2.02. The van der Waals surface area contributed by atoms with E-state index in [9.17, 15) is 13.2 Å². The monoisotopic (exact) mass is 279 g/mol. The molecule has 0 aliphatic heterocycles. The van der Waals surface area contributed by atoms with Crippen molar-refractivity contribution in [3.05, 3.63) is 12.0 Å². The summed E-state index contributed by atoms with van der Waals surface area (Å²) in [4.78, 5) is 15.2. The maximum atomic E-state index is 11.3. The molecule has 1 aromatic rings. The second kappa shape index (κ2) is 5.05. The molecule has 0 radical (unpaired) electrons. The van der Waals surface area contributed by atoms with Gasteiger partial charge in [-0.15, -0.1) is 0 Å². The number of rotatable bonds is 4. The molecule has 1 aromatic heterocycles. The van der Waals surface area contributed by atoms with E-state index in [0.717, 1.165) is 0 Å². The van der Waals surface area contributed by atoms with Gasteiger partial charge in [-0.2, -0.15) is 0 Å². The number of nitrogens with zero attached hydrogens (tertiary/aromatic N) is 2. The largest absolute Gasteiger partial charge is 0.358 e. The van der Waals surface area contributed by atoms with Crippen LogP contribution in [0.25, 0.3) is 0 Å². The molecule has 0 fully saturated rings. The van der Waals surface area contributed by atoms with Crippen molar-refractivity contribution in [3.63, 3.8) is 0 Å². The Morgan fingerprint density at radius 1 is 1.59 bits per heavy atom. The van der Waals surface area contributed by atoms with Gasteiger partial charge in [-0.25, -0.2) is 13.4 Å². The number of carbonyl (C=O) groups excluding carboxylic acids is 1. The van der Waals surface area contributed by atoms with E-state index in [2.05, 4.69) is 10.3 Å². The summed E-state index contributed by atoms with van der Waals surface area (Å²) in [5.74, 6) is 0.266. The minimum atomic E-state index is -3.87. The van der Waals surface area contributed by atoms with E-state index >= 15 is 0 Å². The van der Waals surface area contributed by atoms with Crippen molar-refractivity contribution >= 4 is 25.6 Å². The molecule has 0 unspecified atom stereocenters. The topological polar surface area (TPSA) is 81.1 Å². The highest BCUT2D eigenvalue weighted by Crippen LogP contribution is 2.19. The lowest BCUT2D eigenvalue weighted by molar-refractivity contribution is -0.121. The van der Waals surface area contributed by atoms with Crippen molar-refractivity contribution in [2.45, 2.75) is 31.3 Å². The Morgan fingerprint density at radius 2 is 2.18 bits per heavy atom. The molecule has 0 bridgehead atoms. The first-order valence-electron chi connectivity index (χ1n) is 4.98. The average molecular weight is 280 g/mol. The van der Waals surface area contributed by atoms with Crippen LogP contribution in [0, 0.1) is 0 Å². The van der Waals surface area contributed by atoms with E-state index in [-0.39, 0.29) is 23.4 Å². The van der Waals surface area contributed by atoms with E-state index in [4.69, 9.17) is 10.7 Å².